The van der Waals surface area contributed by atoms with Crippen LogP contribution in [-0.2, 0) is 0 Å². The number of benzene rings is 2. The number of carboxylic acids is 1. The molecule has 0 saturated carbocycles. The topological polar surface area (TPSA) is 102 Å². The molecule has 0 amide bonds. The predicted octanol–water partition coefficient (Wildman–Crippen LogP) is 2.68. The van der Waals surface area contributed by atoms with Crippen molar-refractivity contribution in [3.63, 3.8) is 0 Å². The molecule has 104 valence electrons. The number of hydrogen-bond donors (Lipinski definition) is 2. The van der Waals surface area contributed by atoms with Gasteiger partial charge in [0.15, 0.2) is 0 Å². The highest BCUT2D eigenvalue weighted by molar-refractivity contribution is 5.88. The Balaban J connectivity index is 1.90. The standard InChI is InChI=1S/C15H11N3O3/c16-12-7-5-10(6-8-12)14-18-17-13(21-14)9-1-3-11(4-2-9)15(19)20/h1-8H,16H2,(H,19,20). The van der Waals surface area contributed by atoms with Crippen LogP contribution < -0.4 is 5.73 Å². The van der Waals surface area contributed by atoms with Crippen LogP contribution in [0.1, 0.15) is 10.4 Å². The Hall–Kier alpha value is -3.15. The Bertz CT molecular complexity index is 777. The molecule has 0 fully saturated rings. The van der Waals surface area contributed by atoms with Crippen LogP contribution in [-0.4, -0.2) is 21.3 Å². The zero-order valence-corrected chi connectivity index (χ0v) is 10.9. The molecule has 0 saturated heterocycles. The first-order valence-corrected chi connectivity index (χ1v) is 6.16. The number of hydrogen-bond acceptors (Lipinski definition) is 5. The molecule has 3 N–H and O–H groups in total. The van der Waals surface area contributed by atoms with Gasteiger partial charge in [0.2, 0.25) is 11.8 Å². The van der Waals surface area contributed by atoms with E-state index < -0.39 is 5.97 Å². The summed E-state index contributed by atoms with van der Waals surface area (Å²) in [6.45, 7) is 0. The number of anilines is 1. The minimum absolute atomic E-state index is 0.206. The fraction of sp³-hybridized carbons (Fsp3) is 0. The lowest BCUT2D eigenvalue weighted by molar-refractivity contribution is 0.0697. The van der Waals surface area contributed by atoms with Crippen molar-refractivity contribution in [2.45, 2.75) is 0 Å². The summed E-state index contributed by atoms with van der Waals surface area (Å²) in [7, 11) is 0. The molecule has 0 unspecified atom stereocenters. The van der Waals surface area contributed by atoms with Crippen LogP contribution in [0.25, 0.3) is 22.9 Å². The predicted molar refractivity (Wildman–Crippen MR) is 76.5 cm³/mol. The van der Waals surface area contributed by atoms with Gasteiger partial charge in [0.05, 0.1) is 5.56 Å². The Labute approximate surface area is 119 Å². The Morgan fingerprint density at radius 2 is 1.38 bits per heavy atom. The molecule has 1 aromatic heterocycles. The van der Waals surface area contributed by atoms with Crippen LogP contribution in [0, 0.1) is 0 Å². The van der Waals surface area contributed by atoms with Crippen molar-refractivity contribution < 1.29 is 14.3 Å². The Kier molecular flexibility index (Phi) is 3.12. The maximum atomic E-state index is 10.8. The van der Waals surface area contributed by atoms with Gasteiger partial charge in [0, 0.05) is 16.8 Å². The molecule has 6 heteroatoms. The van der Waals surface area contributed by atoms with Crippen LogP contribution >= 0.6 is 0 Å². The van der Waals surface area contributed by atoms with Crippen molar-refractivity contribution in [1.82, 2.24) is 10.2 Å². The summed E-state index contributed by atoms with van der Waals surface area (Å²) in [6.07, 6.45) is 0. The third-order valence-electron chi connectivity index (χ3n) is 2.96. The summed E-state index contributed by atoms with van der Waals surface area (Å²) in [6, 6.07) is 13.3. The Morgan fingerprint density at radius 3 is 1.86 bits per heavy atom. The van der Waals surface area contributed by atoms with Crippen LogP contribution in [0.3, 0.4) is 0 Å². The maximum Gasteiger partial charge on any atom is 0.335 e. The van der Waals surface area contributed by atoms with Gasteiger partial charge in [0.1, 0.15) is 0 Å². The van der Waals surface area contributed by atoms with Gasteiger partial charge in [-0.25, -0.2) is 4.79 Å². The van der Waals surface area contributed by atoms with E-state index in [9.17, 15) is 4.79 Å². The molecule has 21 heavy (non-hydrogen) atoms. The van der Waals surface area contributed by atoms with Gasteiger partial charge in [-0.2, -0.15) is 0 Å². The van der Waals surface area contributed by atoms with Gasteiger partial charge in [-0.3, -0.25) is 0 Å². The van der Waals surface area contributed by atoms with Crippen molar-refractivity contribution in [3.05, 3.63) is 54.1 Å². The SMILES string of the molecule is Nc1ccc(-c2nnc(-c3ccc(C(=O)O)cc3)o2)cc1. The molecular formula is C15H11N3O3. The highest BCUT2D eigenvalue weighted by Gasteiger charge is 2.11. The highest BCUT2D eigenvalue weighted by atomic mass is 16.4. The lowest BCUT2D eigenvalue weighted by Gasteiger charge is -1.97. The maximum absolute atomic E-state index is 10.8. The van der Waals surface area contributed by atoms with Crippen molar-refractivity contribution in [3.8, 4) is 22.9 Å². The molecule has 3 rings (SSSR count). The van der Waals surface area contributed by atoms with E-state index in [1.54, 1.807) is 36.4 Å². The number of aromatic nitrogens is 2. The smallest absolute Gasteiger partial charge is 0.335 e. The number of rotatable bonds is 3. The summed E-state index contributed by atoms with van der Waals surface area (Å²) in [5.41, 5.74) is 7.92. The van der Waals surface area contributed by atoms with Gasteiger partial charge in [-0.15, -0.1) is 10.2 Å². The number of carboxylic acid groups (broad SMARTS) is 1. The van der Waals surface area contributed by atoms with Crippen molar-refractivity contribution in [2.24, 2.45) is 0 Å². The number of nitrogens with two attached hydrogens (primary N) is 1. The van der Waals surface area contributed by atoms with Crippen LogP contribution in [0.5, 0.6) is 0 Å². The van der Waals surface area contributed by atoms with Gasteiger partial charge in [0.25, 0.3) is 0 Å². The Morgan fingerprint density at radius 1 is 0.905 bits per heavy atom. The molecule has 0 aliphatic carbocycles. The van der Waals surface area contributed by atoms with E-state index in [4.69, 9.17) is 15.3 Å². The van der Waals surface area contributed by atoms with E-state index in [0.29, 0.717) is 23.0 Å². The largest absolute Gasteiger partial charge is 0.478 e. The molecule has 3 aromatic rings. The molecule has 2 aromatic carbocycles. The van der Waals surface area contributed by atoms with Crippen LogP contribution in [0.4, 0.5) is 5.69 Å². The number of aromatic carboxylic acids is 1. The number of nitrogen functional groups attached to an aromatic ring is 1. The molecule has 0 radical (unpaired) electrons. The van der Waals surface area contributed by atoms with Crippen LogP contribution in [0.15, 0.2) is 52.9 Å². The third kappa shape index (κ3) is 2.59. The first-order valence-electron chi connectivity index (χ1n) is 6.16. The molecule has 0 atom stereocenters. The van der Waals surface area contributed by atoms with Crippen LogP contribution in [0.2, 0.25) is 0 Å². The molecule has 0 bridgehead atoms. The van der Waals surface area contributed by atoms with E-state index in [0.717, 1.165) is 5.56 Å². The molecule has 0 aliphatic rings. The lowest BCUT2D eigenvalue weighted by Crippen LogP contribution is -1.94. The fourth-order valence-corrected chi connectivity index (χ4v) is 1.84. The van der Waals surface area contributed by atoms with Crippen molar-refractivity contribution in [1.29, 1.82) is 0 Å². The average molecular weight is 281 g/mol. The van der Waals surface area contributed by atoms with E-state index in [-0.39, 0.29) is 5.56 Å². The second-order valence-corrected chi connectivity index (χ2v) is 4.42. The molecule has 6 nitrogen and oxygen atoms in total. The molecular weight excluding hydrogens is 270 g/mol. The average Bonchev–Trinajstić information content (AvgIpc) is 2.98. The molecule has 0 aliphatic heterocycles. The van der Waals surface area contributed by atoms with Gasteiger partial charge < -0.3 is 15.3 Å². The lowest BCUT2D eigenvalue weighted by atomic mass is 10.1. The quantitative estimate of drug-likeness (QED) is 0.715. The van der Waals surface area contributed by atoms with Gasteiger partial charge >= 0.3 is 5.97 Å². The van der Waals surface area contributed by atoms with Crippen molar-refractivity contribution >= 4 is 11.7 Å². The first-order chi connectivity index (χ1) is 10.1. The summed E-state index contributed by atoms with van der Waals surface area (Å²) in [4.78, 5) is 10.8. The normalized spacial score (nSPS) is 10.5. The van der Waals surface area contributed by atoms with Gasteiger partial charge in [-0.1, -0.05) is 0 Å². The molecule has 1 heterocycles. The third-order valence-corrected chi connectivity index (χ3v) is 2.96. The highest BCUT2D eigenvalue weighted by Crippen LogP contribution is 2.24. The minimum Gasteiger partial charge on any atom is -0.478 e. The summed E-state index contributed by atoms with van der Waals surface area (Å²) in [5.74, 6) is -0.263. The molecule has 0 spiro atoms. The summed E-state index contributed by atoms with van der Waals surface area (Å²) in [5, 5.41) is 16.8. The van der Waals surface area contributed by atoms with E-state index in [1.807, 2.05) is 0 Å². The fourth-order valence-electron chi connectivity index (χ4n) is 1.84. The second-order valence-electron chi connectivity index (χ2n) is 4.42. The van der Waals surface area contributed by atoms with Crippen molar-refractivity contribution in [2.75, 3.05) is 5.73 Å². The summed E-state index contributed by atoms with van der Waals surface area (Å²) < 4.78 is 5.59. The zero-order chi connectivity index (χ0) is 14.8. The van der Waals surface area contributed by atoms with E-state index >= 15 is 0 Å². The number of carbonyl (C=O) groups is 1. The van der Waals surface area contributed by atoms with E-state index in [2.05, 4.69) is 10.2 Å². The minimum atomic E-state index is -0.977. The second kappa shape index (κ2) is 5.09. The zero-order valence-electron chi connectivity index (χ0n) is 10.9. The van der Waals surface area contributed by atoms with Gasteiger partial charge in [-0.05, 0) is 48.5 Å². The number of nitrogens with zero attached hydrogens (tertiary/aromatic N) is 2. The summed E-state index contributed by atoms with van der Waals surface area (Å²) >= 11 is 0. The van der Waals surface area contributed by atoms with E-state index in [1.165, 1.54) is 12.1 Å². The first kappa shape index (κ1) is 12.9. The monoisotopic (exact) mass is 281 g/mol.